The maximum Gasteiger partial charge on any atom is 0.0900 e. The summed E-state index contributed by atoms with van der Waals surface area (Å²) in [5, 5.41) is 5.36. The molecule has 0 aliphatic carbocycles. The zero-order chi connectivity index (χ0) is 14.2. The normalized spacial score (nSPS) is 12.5. The van der Waals surface area contributed by atoms with Gasteiger partial charge in [-0.3, -0.25) is 0 Å². The first-order chi connectivity index (χ1) is 8.88. The van der Waals surface area contributed by atoms with Gasteiger partial charge in [-0.1, -0.05) is 23.2 Å². The summed E-state index contributed by atoms with van der Waals surface area (Å²) in [6.07, 6.45) is 0. The Bertz CT molecular complexity index is 610. The van der Waals surface area contributed by atoms with E-state index in [1.165, 1.54) is 4.88 Å². The van der Waals surface area contributed by atoms with E-state index in [1.807, 2.05) is 13.8 Å². The fourth-order valence-electron chi connectivity index (χ4n) is 1.93. The molecule has 1 atom stereocenters. The van der Waals surface area contributed by atoms with Crippen molar-refractivity contribution in [3.05, 3.63) is 37.8 Å². The van der Waals surface area contributed by atoms with Gasteiger partial charge in [0.1, 0.15) is 0 Å². The Balaban J connectivity index is 2.26. The van der Waals surface area contributed by atoms with Gasteiger partial charge in [0.15, 0.2) is 0 Å². The number of hydrogen-bond acceptors (Lipinski definition) is 4. The van der Waals surface area contributed by atoms with E-state index in [4.69, 9.17) is 28.9 Å². The summed E-state index contributed by atoms with van der Waals surface area (Å²) in [5.74, 6) is 0. The van der Waals surface area contributed by atoms with Crippen LogP contribution in [0.25, 0.3) is 0 Å². The fraction of sp³-hybridized carbons (Fsp3) is 0.308. The number of benzene rings is 1. The molecule has 1 unspecified atom stereocenters. The summed E-state index contributed by atoms with van der Waals surface area (Å²) >= 11 is 13.6. The van der Waals surface area contributed by atoms with Gasteiger partial charge in [-0.15, -0.1) is 11.3 Å². The van der Waals surface area contributed by atoms with Crippen LogP contribution in [0, 0.1) is 13.8 Å². The highest BCUT2D eigenvalue weighted by Crippen LogP contribution is 2.34. The molecule has 1 heterocycles. The second kappa shape index (κ2) is 5.57. The lowest BCUT2D eigenvalue weighted by Crippen LogP contribution is -2.08. The molecule has 1 aromatic carbocycles. The average molecular weight is 316 g/mol. The van der Waals surface area contributed by atoms with E-state index in [-0.39, 0.29) is 6.04 Å². The second-order valence-electron chi connectivity index (χ2n) is 4.40. The van der Waals surface area contributed by atoms with Crippen molar-refractivity contribution in [3.8, 4) is 0 Å². The van der Waals surface area contributed by atoms with Crippen LogP contribution < -0.4 is 11.1 Å². The molecule has 0 saturated carbocycles. The number of aryl methyl sites for hydroxylation is 2. The Morgan fingerprint density at radius 1 is 1.26 bits per heavy atom. The lowest BCUT2D eigenvalue weighted by Gasteiger charge is -2.16. The zero-order valence-corrected chi connectivity index (χ0v) is 13.2. The van der Waals surface area contributed by atoms with Gasteiger partial charge in [-0.2, -0.15) is 0 Å². The molecule has 0 fully saturated rings. The van der Waals surface area contributed by atoms with Crippen molar-refractivity contribution in [1.29, 1.82) is 0 Å². The SMILES string of the molecule is Cc1nc(C)c(C(C)Nc2cc(Cl)c(Cl)cc2N)s1. The van der Waals surface area contributed by atoms with E-state index in [9.17, 15) is 0 Å². The minimum absolute atomic E-state index is 0.116. The molecule has 3 N–H and O–H groups in total. The van der Waals surface area contributed by atoms with Gasteiger partial charge in [0.25, 0.3) is 0 Å². The average Bonchev–Trinajstić information content (AvgIpc) is 2.65. The summed E-state index contributed by atoms with van der Waals surface area (Å²) in [5.41, 5.74) is 8.35. The van der Waals surface area contributed by atoms with Crippen LogP contribution in [0.3, 0.4) is 0 Å². The maximum absolute atomic E-state index is 6.01. The summed E-state index contributed by atoms with van der Waals surface area (Å²) < 4.78 is 0. The molecular weight excluding hydrogens is 301 g/mol. The highest BCUT2D eigenvalue weighted by atomic mass is 35.5. The lowest BCUT2D eigenvalue weighted by atomic mass is 10.2. The van der Waals surface area contributed by atoms with Crippen LogP contribution in [0.4, 0.5) is 11.4 Å². The predicted octanol–water partition coefficient (Wildman–Crippen LogP) is 4.82. The molecule has 6 heteroatoms. The third-order valence-corrected chi connectivity index (χ3v) is 4.77. The van der Waals surface area contributed by atoms with E-state index in [1.54, 1.807) is 23.5 Å². The van der Waals surface area contributed by atoms with Crippen molar-refractivity contribution in [3.63, 3.8) is 0 Å². The molecule has 102 valence electrons. The van der Waals surface area contributed by atoms with E-state index >= 15 is 0 Å². The lowest BCUT2D eigenvalue weighted by molar-refractivity contribution is 0.890. The first-order valence-electron chi connectivity index (χ1n) is 5.83. The maximum atomic E-state index is 6.01. The summed E-state index contributed by atoms with van der Waals surface area (Å²) in [4.78, 5) is 5.63. The standard InChI is InChI=1S/C13H15Cl2N3S/c1-6-13(19-8(3)17-6)7(2)18-12-5-10(15)9(14)4-11(12)16/h4-5,7,18H,16H2,1-3H3. The van der Waals surface area contributed by atoms with Crippen LogP contribution in [-0.2, 0) is 0 Å². The summed E-state index contributed by atoms with van der Waals surface area (Å²) in [6, 6.07) is 3.52. The van der Waals surface area contributed by atoms with Crippen molar-refractivity contribution < 1.29 is 0 Å². The molecule has 0 bridgehead atoms. The Kier molecular flexibility index (Phi) is 4.23. The summed E-state index contributed by atoms with van der Waals surface area (Å²) in [7, 11) is 0. The van der Waals surface area contributed by atoms with Gasteiger partial charge < -0.3 is 11.1 Å². The first-order valence-corrected chi connectivity index (χ1v) is 7.40. The summed E-state index contributed by atoms with van der Waals surface area (Å²) in [6.45, 7) is 6.08. The second-order valence-corrected chi connectivity index (χ2v) is 6.45. The quantitative estimate of drug-likeness (QED) is 0.798. The number of anilines is 2. The Hall–Kier alpha value is -0.970. The number of nitrogens with one attached hydrogen (secondary N) is 1. The molecule has 2 aromatic rings. The van der Waals surface area contributed by atoms with E-state index in [0.717, 1.165) is 16.4 Å². The first kappa shape index (κ1) is 14.4. The van der Waals surface area contributed by atoms with Crippen molar-refractivity contribution in [1.82, 2.24) is 4.98 Å². The molecule has 1 aromatic heterocycles. The number of nitrogens with zero attached hydrogens (tertiary/aromatic N) is 1. The fourth-order valence-corrected chi connectivity index (χ4v) is 3.20. The van der Waals surface area contributed by atoms with Crippen LogP contribution in [0.15, 0.2) is 12.1 Å². The van der Waals surface area contributed by atoms with Crippen molar-refractivity contribution in [2.24, 2.45) is 0 Å². The van der Waals surface area contributed by atoms with E-state index < -0.39 is 0 Å². The van der Waals surface area contributed by atoms with Gasteiger partial charge in [-0.25, -0.2) is 4.98 Å². The molecule has 0 radical (unpaired) electrons. The highest BCUT2D eigenvalue weighted by Gasteiger charge is 2.14. The minimum Gasteiger partial charge on any atom is -0.397 e. The third kappa shape index (κ3) is 3.14. The van der Waals surface area contributed by atoms with Crippen molar-refractivity contribution >= 4 is 45.9 Å². The third-order valence-electron chi connectivity index (χ3n) is 2.80. The Labute approximate surface area is 126 Å². The molecule has 0 aliphatic rings. The largest absolute Gasteiger partial charge is 0.397 e. The van der Waals surface area contributed by atoms with Gasteiger partial charge >= 0.3 is 0 Å². The molecule has 19 heavy (non-hydrogen) atoms. The van der Waals surface area contributed by atoms with Crippen LogP contribution >= 0.6 is 34.5 Å². The number of nitrogens with two attached hydrogens (primary N) is 1. The van der Waals surface area contributed by atoms with Crippen LogP contribution in [0.5, 0.6) is 0 Å². The van der Waals surface area contributed by atoms with Crippen molar-refractivity contribution in [2.45, 2.75) is 26.8 Å². The highest BCUT2D eigenvalue weighted by molar-refractivity contribution is 7.11. The van der Waals surface area contributed by atoms with E-state index in [2.05, 4.69) is 17.2 Å². The molecule has 0 spiro atoms. The Morgan fingerprint density at radius 3 is 2.47 bits per heavy atom. The number of thiazole rings is 1. The number of hydrogen-bond donors (Lipinski definition) is 2. The zero-order valence-electron chi connectivity index (χ0n) is 10.9. The molecule has 0 saturated heterocycles. The number of nitrogen functional groups attached to an aromatic ring is 1. The smallest absolute Gasteiger partial charge is 0.0900 e. The topological polar surface area (TPSA) is 50.9 Å². The van der Waals surface area contributed by atoms with Crippen LogP contribution in [-0.4, -0.2) is 4.98 Å². The van der Waals surface area contributed by atoms with Crippen LogP contribution in [0.2, 0.25) is 10.0 Å². The molecule has 3 nitrogen and oxygen atoms in total. The van der Waals surface area contributed by atoms with Crippen molar-refractivity contribution in [2.75, 3.05) is 11.1 Å². The van der Waals surface area contributed by atoms with Gasteiger partial charge in [0, 0.05) is 4.88 Å². The van der Waals surface area contributed by atoms with Crippen LogP contribution in [0.1, 0.15) is 28.5 Å². The minimum atomic E-state index is 0.116. The monoisotopic (exact) mass is 315 g/mol. The molecule has 2 rings (SSSR count). The predicted molar refractivity (Wildman–Crippen MR) is 84.5 cm³/mol. The van der Waals surface area contributed by atoms with Gasteiger partial charge in [0.05, 0.1) is 38.2 Å². The van der Waals surface area contributed by atoms with E-state index in [0.29, 0.717) is 15.7 Å². The van der Waals surface area contributed by atoms with Gasteiger partial charge in [0.2, 0.25) is 0 Å². The van der Waals surface area contributed by atoms with Gasteiger partial charge in [-0.05, 0) is 32.9 Å². The number of halogens is 2. The number of rotatable bonds is 3. The molecular formula is C13H15Cl2N3S. The Morgan fingerprint density at radius 2 is 1.89 bits per heavy atom. The molecule has 0 amide bonds. The molecule has 0 aliphatic heterocycles. The number of aromatic nitrogens is 1.